The van der Waals surface area contributed by atoms with Crippen molar-refractivity contribution < 1.29 is 4.42 Å². The Morgan fingerprint density at radius 2 is 0.937 bits per heavy atom. The van der Waals surface area contributed by atoms with Gasteiger partial charge in [0, 0.05) is 43.4 Å². The van der Waals surface area contributed by atoms with E-state index in [4.69, 9.17) is 24.4 Å². The summed E-state index contributed by atoms with van der Waals surface area (Å²) in [5, 5.41) is 11.0. The van der Waals surface area contributed by atoms with Gasteiger partial charge in [-0.25, -0.2) is 19.9 Å². The molecule has 0 spiro atoms. The first kappa shape index (κ1) is 34.1. The molecule has 5 heterocycles. The summed E-state index contributed by atoms with van der Waals surface area (Å²) in [6.07, 6.45) is 0. The molecule has 0 N–H and O–H groups in total. The quantitative estimate of drug-likeness (QED) is 0.177. The molecule has 0 saturated carbocycles. The van der Waals surface area contributed by atoms with E-state index in [-0.39, 0.29) is 0 Å². The van der Waals surface area contributed by atoms with Gasteiger partial charge in [0.25, 0.3) is 0 Å². The van der Waals surface area contributed by atoms with Gasteiger partial charge in [-0.1, -0.05) is 146 Å². The van der Waals surface area contributed by atoms with Crippen molar-refractivity contribution in [3.63, 3.8) is 0 Å². The molecular weight excluding hydrogens is 773 g/mol. The molecule has 0 unspecified atom stereocenters. The van der Waals surface area contributed by atoms with Crippen LogP contribution >= 0.6 is 0 Å². The second kappa shape index (κ2) is 12.9. The smallest absolute Gasteiger partial charge is 0.236 e. The Hall–Kier alpha value is -8.68. The molecule has 7 nitrogen and oxygen atoms in total. The Kier molecular flexibility index (Phi) is 6.98. The average molecular weight is 805 g/mol. The van der Waals surface area contributed by atoms with Crippen LogP contribution in [-0.2, 0) is 0 Å². The number of para-hydroxylation sites is 4. The molecule has 0 radical (unpaired) electrons. The zero-order valence-corrected chi connectivity index (χ0v) is 33.6. The zero-order valence-electron chi connectivity index (χ0n) is 33.6. The number of furan rings is 1. The Bertz CT molecular complexity index is 4230. The second-order valence-corrected chi connectivity index (χ2v) is 16.2. The lowest BCUT2D eigenvalue weighted by molar-refractivity contribution is 0.666. The van der Waals surface area contributed by atoms with Gasteiger partial charge >= 0.3 is 0 Å². The Morgan fingerprint density at radius 3 is 1.70 bits per heavy atom. The average Bonchev–Trinajstić information content (AvgIpc) is 4.01. The monoisotopic (exact) mass is 804 g/mol. The summed E-state index contributed by atoms with van der Waals surface area (Å²) in [5.74, 6) is 1.17. The standard InChI is InChI=1S/C56H32N6O/c1-3-15-35-31-37(27-25-33(35)13-1)50-41-18-5-9-21-44(41)57-55(58-50)62-45-22-10-6-17-39(45)40-29-30-47-49(53(40)62)42-19-7-11-23-46(42)61(47)56-59-51(38-28-26-34-14-2-4-16-36(34)32-38)54-52(60-56)43-20-8-12-24-48(43)63-54/h1-32H. The molecule has 63 heavy (non-hydrogen) atoms. The van der Waals surface area contributed by atoms with Crippen LogP contribution in [0.2, 0.25) is 0 Å². The van der Waals surface area contributed by atoms with Crippen molar-refractivity contribution in [1.29, 1.82) is 0 Å². The fraction of sp³-hybridized carbons (Fsp3) is 0. The molecular formula is C56H32N6O. The van der Waals surface area contributed by atoms with Crippen LogP contribution in [-0.4, -0.2) is 29.1 Å². The highest BCUT2D eigenvalue weighted by Crippen LogP contribution is 2.43. The summed E-state index contributed by atoms with van der Waals surface area (Å²) in [5.41, 5.74) is 10.7. The molecule has 0 aliphatic carbocycles. The number of fused-ring (bicyclic) bond motifs is 13. The third kappa shape index (κ3) is 4.96. The first-order chi connectivity index (χ1) is 31.2. The summed E-state index contributed by atoms with van der Waals surface area (Å²) < 4.78 is 11.1. The molecule has 0 aliphatic heterocycles. The highest BCUT2D eigenvalue weighted by molar-refractivity contribution is 6.26. The molecule has 0 atom stereocenters. The van der Waals surface area contributed by atoms with E-state index in [0.717, 1.165) is 104 Å². The topological polar surface area (TPSA) is 74.6 Å². The van der Waals surface area contributed by atoms with Gasteiger partial charge in [0.15, 0.2) is 5.58 Å². The maximum atomic E-state index is 6.60. The predicted octanol–water partition coefficient (Wildman–Crippen LogP) is 14.2. The SMILES string of the molecule is c1ccc2cc(-c3nc(-n4c5ccccc5c5ccc6c(c7ccccc7n6-c6nc(-c7ccc8ccccc8c7)c7oc8ccccc8c7n6)c54)nc4ccccc34)ccc2c1. The van der Waals surface area contributed by atoms with E-state index in [1.54, 1.807) is 0 Å². The Labute approximate surface area is 358 Å². The maximum absolute atomic E-state index is 6.60. The van der Waals surface area contributed by atoms with Crippen LogP contribution in [0.5, 0.6) is 0 Å². The summed E-state index contributed by atoms with van der Waals surface area (Å²) in [6, 6.07) is 67.9. The molecule has 14 rings (SSSR count). The minimum Gasteiger partial charge on any atom is -0.452 e. The van der Waals surface area contributed by atoms with Crippen LogP contribution in [0.1, 0.15) is 0 Å². The molecule has 9 aromatic carbocycles. The summed E-state index contributed by atoms with van der Waals surface area (Å²) in [4.78, 5) is 21.7. The van der Waals surface area contributed by atoms with Crippen molar-refractivity contribution in [2.45, 2.75) is 0 Å². The number of hydrogen-bond acceptors (Lipinski definition) is 5. The van der Waals surface area contributed by atoms with Gasteiger partial charge in [-0.2, -0.15) is 0 Å². The number of aromatic nitrogens is 6. The van der Waals surface area contributed by atoms with Crippen LogP contribution in [0, 0.1) is 0 Å². The lowest BCUT2D eigenvalue weighted by atomic mass is 10.0. The van der Waals surface area contributed by atoms with E-state index in [1.807, 2.05) is 24.3 Å². The number of benzene rings is 9. The van der Waals surface area contributed by atoms with Crippen molar-refractivity contribution in [3.05, 3.63) is 194 Å². The highest BCUT2D eigenvalue weighted by atomic mass is 16.3. The molecule has 0 aliphatic rings. The fourth-order valence-electron chi connectivity index (χ4n) is 9.86. The predicted molar refractivity (Wildman–Crippen MR) is 257 cm³/mol. The van der Waals surface area contributed by atoms with E-state index < -0.39 is 0 Å². The third-order valence-electron chi connectivity index (χ3n) is 12.7. The van der Waals surface area contributed by atoms with Crippen molar-refractivity contribution in [2.24, 2.45) is 0 Å². The summed E-state index contributed by atoms with van der Waals surface area (Å²) in [7, 11) is 0. The highest BCUT2D eigenvalue weighted by Gasteiger charge is 2.25. The van der Waals surface area contributed by atoms with Crippen LogP contribution in [0.15, 0.2) is 199 Å². The van der Waals surface area contributed by atoms with Crippen LogP contribution in [0.4, 0.5) is 0 Å². The largest absolute Gasteiger partial charge is 0.452 e. The van der Waals surface area contributed by atoms with Crippen molar-refractivity contribution >= 4 is 98.1 Å². The lowest BCUT2D eigenvalue weighted by Crippen LogP contribution is -2.04. The van der Waals surface area contributed by atoms with Gasteiger partial charge < -0.3 is 4.42 Å². The number of rotatable bonds is 4. The molecule has 0 bridgehead atoms. The van der Waals surface area contributed by atoms with Gasteiger partial charge in [-0.3, -0.25) is 9.13 Å². The minimum absolute atomic E-state index is 0.561. The number of hydrogen-bond donors (Lipinski definition) is 0. The van der Waals surface area contributed by atoms with E-state index in [0.29, 0.717) is 17.5 Å². The van der Waals surface area contributed by atoms with Crippen molar-refractivity contribution in [2.75, 3.05) is 0 Å². The van der Waals surface area contributed by atoms with Gasteiger partial charge in [0.2, 0.25) is 11.9 Å². The minimum atomic E-state index is 0.561. The third-order valence-corrected chi connectivity index (χ3v) is 12.7. The zero-order chi connectivity index (χ0) is 41.2. The Balaban J connectivity index is 1.09. The molecule has 7 heteroatoms. The summed E-state index contributed by atoms with van der Waals surface area (Å²) >= 11 is 0. The van der Waals surface area contributed by atoms with Gasteiger partial charge in [-0.05, 0) is 70.1 Å². The first-order valence-electron chi connectivity index (χ1n) is 21.1. The fourth-order valence-corrected chi connectivity index (χ4v) is 9.86. The maximum Gasteiger partial charge on any atom is 0.236 e. The van der Waals surface area contributed by atoms with Crippen molar-refractivity contribution in [3.8, 4) is 34.4 Å². The molecule has 0 saturated heterocycles. The van der Waals surface area contributed by atoms with E-state index >= 15 is 0 Å². The van der Waals surface area contributed by atoms with Gasteiger partial charge in [0.1, 0.15) is 16.8 Å². The van der Waals surface area contributed by atoms with Gasteiger partial charge in [0.05, 0.1) is 33.3 Å². The van der Waals surface area contributed by atoms with Gasteiger partial charge in [-0.15, -0.1) is 0 Å². The Morgan fingerprint density at radius 1 is 0.365 bits per heavy atom. The molecule has 292 valence electrons. The molecule has 0 amide bonds. The molecule has 5 aromatic heterocycles. The van der Waals surface area contributed by atoms with E-state index in [2.05, 4.69) is 179 Å². The second-order valence-electron chi connectivity index (χ2n) is 16.2. The lowest BCUT2D eigenvalue weighted by Gasteiger charge is -2.13. The number of nitrogens with zero attached hydrogens (tertiary/aromatic N) is 6. The first-order valence-corrected chi connectivity index (χ1v) is 21.1. The van der Waals surface area contributed by atoms with E-state index in [1.165, 1.54) is 10.8 Å². The van der Waals surface area contributed by atoms with Crippen molar-refractivity contribution in [1.82, 2.24) is 29.1 Å². The normalized spacial score (nSPS) is 12.1. The van der Waals surface area contributed by atoms with Crippen LogP contribution in [0.25, 0.3) is 133 Å². The van der Waals surface area contributed by atoms with Crippen LogP contribution in [0.3, 0.4) is 0 Å². The van der Waals surface area contributed by atoms with E-state index in [9.17, 15) is 0 Å². The molecule has 14 aromatic rings. The van der Waals surface area contributed by atoms with Crippen LogP contribution < -0.4 is 0 Å². The summed E-state index contributed by atoms with van der Waals surface area (Å²) in [6.45, 7) is 0. The molecule has 0 fully saturated rings.